The highest BCUT2D eigenvalue weighted by molar-refractivity contribution is 6.02. The van der Waals surface area contributed by atoms with Crippen LogP contribution in [0.1, 0.15) is 34.0 Å². The molecule has 0 saturated carbocycles. The lowest BCUT2D eigenvalue weighted by atomic mass is 10.1. The van der Waals surface area contributed by atoms with Crippen molar-refractivity contribution < 1.29 is 9.90 Å². The van der Waals surface area contributed by atoms with Gasteiger partial charge in [0.05, 0.1) is 5.71 Å². The number of hydrogen-bond acceptors (Lipinski definition) is 3. The van der Waals surface area contributed by atoms with Gasteiger partial charge in [0.1, 0.15) is 5.75 Å². The zero-order chi connectivity index (χ0) is 15.4. The fourth-order valence-corrected chi connectivity index (χ4v) is 1.99. The molecule has 0 aliphatic carbocycles. The van der Waals surface area contributed by atoms with Crippen LogP contribution in [0.15, 0.2) is 47.6 Å². The molecule has 108 valence electrons. The first kappa shape index (κ1) is 14.8. The summed E-state index contributed by atoms with van der Waals surface area (Å²) in [7, 11) is 0. The van der Waals surface area contributed by atoms with Crippen LogP contribution in [0.2, 0.25) is 0 Å². The van der Waals surface area contributed by atoms with E-state index in [0.717, 1.165) is 11.1 Å². The maximum atomic E-state index is 12.0. The Morgan fingerprint density at radius 3 is 2.52 bits per heavy atom. The standard InChI is InChI=1S/C17H18N2O2/c1-11-5-4-6-14(9-11)17(21)19-18-13(3)15-10-12(2)7-8-16(15)20/h4-10,20H,1-3H3,(H,19,21)/b18-13+. The van der Waals surface area contributed by atoms with Crippen LogP contribution in [0.25, 0.3) is 0 Å². The topological polar surface area (TPSA) is 61.7 Å². The fraction of sp³-hybridized carbons (Fsp3) is 0.176. The second kappa shape index (κ2) is 6.22. The zero-order valence-corrected chi connectivity index (χ0v) is 12.3. The Labute approximate surface area is 124 Å². The summed E-state index contributed by atoms with van der Waals surface area (Å²) in [5, 5.41) is 13.9. The van der Waals surface area contributed by atoms with E-state index in [2.05, 4.69) is 10.5 Å². The molecule has 0 aliphatic heterocycles. The van der Waals surface area contributed by atoms with Gasteiger partial charge in [-0.1, -0.05) is 29.3 Å². The van der Waals surface area contributed by atoms with Crippen molar-refractivity contribution in [1.82, 2.24) is 5.43 Å². The average Bonchev–Trinajstić information content (AvgIpc) is 2.47. The van der Waals surface area contributed by atoms with Crippen LogP contribution in [0.3, 0.4) is 0 Å². The van der Waals surface area contributed by atoms with Gasteiger partial charge in [-0.2, -0.15) is 5.10 Å². The fourth-order valence-electron chi connectivity index (χ4n) is 1.99. The number of nitrogens with one attached hydrogen (secondary N) is 1. The van der Waals surface area contributed by atoms with Gasteiger partial charge in [-0.05, 0) is 45.0 Å². The number of phenolic OH excluding ortho intramolecular Hbond substituents is 1. The summed E-state index contributed by atoms with van der Waals surface area (Å²) in [6, 6.07) is 12.5. The molecule has 2 aromatic rings. The molecule has 0 fully saturated rings. The van der Waals surface area contributed by atoms with E-state index in [1.54, 1.807) is 25.1 Å². The molecule has 0 heterocycles. The summed E-state index contributed by atoms with van der Waals surface area (Å²) in [5.74, 6) is -0.128. The van der Waals surface area contributed by atoms with E-state index in [9.17, 15) is 9.90 Å². The molecule has 0 radical (unpaired) electrons. The predicted molar refractivity (Wildman–Crippen MR) is 83.7 cm³/mol. The van der Waals surface area contributed by atoms with E-state index < -0.39 is 0 Å². The molecule has 2 rings (SSSR count). The second-order valence-electron chi connectivity index (χ2n) is 5.03. The summed E-state index contributed by atoms with van der Waals surface area (Å²) in [4.78, 5) is 12.0. The van der Waals surface area contributed by atoms with Gasteiger partial charge in [0.25, 0.3) is 5.91 Å². The van der Waals surface area contributed by atoms with Gasteiger partial charge in [-0.15, -0.1) is 0 Å². The number of hydrazone groups is 1. The Morgan fingerprint density at radius 1 is 1.10 bits per heavy atom. The molecule has 2 aromatic carbocycles. The number of amides is 1. The SMILES string of the molecule is C/C(=N\NC(=O)c1cccc(C)c1)c1cc(C)ccc1O. The molecule has 0 spiro atoms. The first-order valence-corrected chi connectivity index (χ1v) is 6.68. The molecule has 0 saturated heterocycles. The third-order valence-corrected chi connectivity index (χ3v) is 3.15. The van der Waals surface area contributed by atoms with E-state index in [4.69, 9.17) is 0 Å². The van der Waals surface area contributed by atoms with Crippen molar-refractivity contribution >= 4 is 11.6 Å². The quantitative estimate of drug-likeness (QED) is 0.671. The van der Waals surface area contributed by atoms with Crippen LogP contribution in [-0.4, -0.2) is 16.7 Å². The lowest BCUT2D eigenvalue weighted by Gasteiger charge is -2.06. The molecule has 21 heavy (non-hydrogen) atoms. The number of hydrogen-bond donors (Lipinski definition) is 2. The largest absolute Gasteiger partial charge is 0.507 e. The minimum Gasteiger partial charge on any atom is -0.507 e. The van der Waals surface area contributed by atoms with Crippen molar-refractivity contribution in [2.75, 3.05) is 0 Å². The molecule has 0 aromatic heterocycles. The highest BCUT2D eigenvalue weighted by Gasteiger charge is 2.07. The number of benzene rings is 2. The number of aryl methyl sites for hydroxylation is 2. The second-order valence-corrected chi connectivity index (χ2v) is 5.03. The van der Waals surface area contributed by atoms with E-state index in [0.29, 0.717) is 16.8 Å². The van der Waals surface area contributed by atoms with Crippen LogP contribution in [0.5, 0.6) is 5.75 Å². The lowest BCUT2D eigenvalue weighted by molar-refractivity contribution is 0.0954. The Balaban J connectivity index is 2.17. The van der Waals surface area contributed by atoms with Gasteiger partial charge in [0.15, 0.2) is 0 Å². The van der Waals surface area contributed by atoms with Gasteiger partial charge < -0.3 is 5.11 Å². The zero-order valence-electron chi connectivity index (χ0n) is 12.3. The van der Waals surface area contributed by atoms with Crippen LogP contribution in [-0.2, 0) is 0 Å². The van der Waals surface area contributed by atoms with Crippen LogP contribution < -0.4 is 5.43 Å². The van der Waals surface area contributed by atoms with Crippen molar-refractivity contribution in [1.29, 1.82) is 0 Å². The van der Waals surface area contributed by atoms with Crippen LogP contribution >= 0.6 is 0 Å². The van der Waals surface area contributed by atoms with Crippen molar-refractivity contribution in [3.63, 3.8) is 0 Å². The van der Waals surface area contributed by atoms with E-state index in [-0.39, 0.29) is 11.7 Å². The Bertz CT molecular complexity index is 706. The van der Waals surface area contributed by atoms with Gasteiger partial charge in [-0.3, -0.25) is 4.79 Å². The van der Waals surface area contributed by atoms with E-state index >= 15 is 0 Å². The van der Waals surface area contributed by atoms with E-state index in [1.165, 1.54) is 0 Å². The minimum absolute atomic E-state index is 0.145. The van der Waals surface area contributed by atoms with Gasteiger partial charge in [0.2, 0.25) is 0 Å². The normalized spacial score (nSPS) is 11.3. The van der Waals surface area contributed by atoms with Crippen LogP contribution in [0, 0.1) is 13.8 Å². The summed E-state index contributed by atoms with van der Waals surface area (Å²) < 4.78 is 0. The summed E-state index contributed by atoms with van der Waals surface area (Å²) in [6.45, 7) is 5.60. The molecule has 1 amide bonds. The van der Waals surface area contributed by atoms with Crippen molar-refractivity contribution in [3.05, 3.63) is 64.7 Å². The van der Waals surface area contributed by atoms with Crippen molar-refractivity contribution in [2.45, 2.75) is 20.8 Å². The number of phenols is 1. The lowest BCUT2D eigenvalue weighted by Crippen LogP contribution is -2.19. The highest BCUT2D eigenvalue weighted by Crippen LogP contribution is 2.18. The summed E-state index contributed by atoms with van der Waals surface area (Å²) >= 11 is 0. The first-order valence-electron chi connectivity index (χ1n) is 6.68. The molecule has 2 N–H and O–H groups in total. The van der Waals surface area contributed by atoms with Gasteiger partial charge in [-0.25, -0.2) is 5.43 Å². The van der Waals surface area contributed by atoms with Gasteiger partial charge in [0, 0.05) is 11.1 Å². The molecule has 4 nitrogen and oxygen atoms in total. The third kappa shape index (κ3) is 3.69. The first-order chi connectivity index (χ1) is 9.97. The molecular weight excluding hydrogens is 264 g/mol. The molecule has 0 aliphatic rings. The van der Waals surface area contributed by atoms with Crippen LogP contribution in [0.4, 0.5) is 0 Å². The number of carbonyl (C=O) groups excluding carboxylic acids is 1. The minimum atomic E-state index is -0.273. The maximum absolute atomic E-state index is 12.0. The molecule has 0 bridgehead atoms. The van der Waals surface area contributed by atoms with Crippen molar-refractivity contribution in [3.8, 4) is 5.75 Å². The number of carbonyl (C=O) groups is 1. The number of aromatic hydroxyl groups is 1. The van der Waals surface area contributed by atoms with E-state index in [1.807, 2.05) is 38.1 Å². The third-order valence-electron chi connectivity index (χ3n) is 3.15. The number of rotatable bonds is 3. The van der Waals surface area contributed by atoms with Crippen molar-refractivity contribution in [2.24, 2.45) is 5.10 Å². The van der Waals surface area contributed by atoms with Gasteiger partial charge >= 0.3 is 0 Å². The molecule has 4 heteroatoms. The molecule has 0 atom stereocenters. The smallest absolute Gasteiger partial charge is 0.271 e. The monoisotopic (exact) mass is 282 g/mol. The summed E-state index contributed by atoms with van der Waals surface area (Å²) in [6.07, 6.45) is 0. The molecule has 0 unspecified atom stereocenters. The maximum Gasteiger partial charge on any atom is 0.271 e. The Morgan fingerprint density at radius 2 is 1.81 bits per heavy atom. The average molecular weight is 282 g/mol. The highest BCUT2D eigenvalue weighted by atomic mass is 16.3. The predicted octanol–water partition coefficient (Wildman–Crippen LogP) is 3.16. The Hall–Kier alpha value is -2.62. The Kier molecular flexibility index (Phi) is 4.38. The number of nitrogens with zero attached hydrogens (tertiary/aromatic N) is 1. The summed E-state index contributed by atoms with van der Waals surface area (Å²) in [5.41, 5.74) is 6.26. The molecular formula is C17H18N2O2.